The van der Waals surface area contributed by atoms with Crippen LogP contribution in [-0.2, 0) is 16.0 Å². The Morgan fingerprint density at radius 3 is 2.54 bits per heavy atom. The molecular weight excluding hydrogens is 349 g/mol. The molecule has 0 spiro atoms. The number of hydrogen-bond acceptors (Lipinski definition) is 3. The third kappa shape index (κ3) is 4.34. The average Bonchev–Trinajstić information content (AvgIpc) is 2.51. The summed E-state index contributed by atoms with van der Waals surface area (Å²) in [4.78, 5) is 11.6. The van der Waals surface area contributed by atoms with Gasteiger partial charge in [0.05, 0.1) is 0 Å². The van der Waals surface area contributed by atoms with Crippen LogP contribution in [0.1, 0.15) is 37.8 Å². The van der Waals surface area contributed by atoms with Crippen molar-refractivity contribution < 1.29 is 32.9 Å². The Balaban J connectivity index is 2.51. The van der Waals surface area contributed by atoms with Gasteiger partial charge in [-0.05, 0) is 48.1 Å². The molecule has 26 heavy (non-hydrogen) atoms. The van der Waals surface area contributed by atoms with Gasteiger partial charge in [0.2, 0.25) is 5.79 Å². The predicted molar refractivity (Wildman–Crippen MR) is 90.0 cm³/mol. The van der Waals surface area contributed by atoms with Gasteiger partial charge in [-0.15, -0.1) is 13.2 Å². The maximum absolute atomic E-state index is 12.6. The minimum Gasteiger partial charge on any atom is -0.481 e. The third-order valence-corrected chi connectivity index (χ3v) is 4.39. The molecule has 7 heteroatoms. The second kappa shape index (κ2) is 7.63. The van der Waals surface area contributed by atoms with Crippen LogP contribution in [0.2, 0.25) is 0 Å². The number of rotatable bonds is 6. The van der Waals surface area contributed by atoms with E-state index in [1.54, 1.807) is 12.1 Å². The number of ether oxygens (including phenoxy) is 1. The lowest BCUT2D eigenvalue weighted by molar-refractivity contribution is -0.402. The summed E-state index contributed by atoms with van der Waals surface area (Å²) < 4.78 is 41.7. The van der Waals surface area contributed by atoms with Gasteiger partial charge in [0.1, 0.15) is 5.92 Å². The largest absolute Gasteiger partial charge is 0.525 e. The first-order valence-corrected chi connectivity index (χ1v) is 8.29. The fourth-order valence-electron chi connectivity index (χ4n) is 3.21. The molecule has 1 aliphatic rings. The van der Waals surface area contributed by atoms with Crippen molar-refractivity contribution in [3.8, 4) is 0 Å². The van der Waals surface area contributed by atoms with E-state index in [4.69, 9.17) is 0 Å². The number of allylic oxidation sites excluding steroid dienone is 2. The molecule has 1 aromatic carbocycles. The van der Waals surface area contributed by atoms with Crippen molar-refractivity contribution in [3.05, 3.63) is 53.1 Å². The van der Waals surface area contributed by atoms with Crippen LogP contribution in [0, 0.1) is 5.92 Å². The zero-order valence-corrected chi connectivity index (χ0v) is 14.5. The van der Waals surface area contributed by atoms with E-state index in [9.17, 15) is 28.2 Å². The number of aryl methyl sites for hydroxylation is 1. The monoisotopic (exact) mass is 370 g/mol. The molecule has 1 aromatic rings. The molecule has 0 radical (unpaired) electrons. The number of aliphatic carboxylic acids is 1. The Hall–Kier alpha value is -2.12. The molecule has 0 saturated heterocycles. The minimum atomic E-state index is -5.18. The van der Waals surface area contributed by atoms with Gasteiger partial charge < -0.3 is 10.2 Å². The second-order valence-corrected chi connectivity index (χ2v) is 6.26. The summed E-state index contributed by atoms with van der Waals surface area (Å²) in [5.74, 6) is -6.46. The number of carboxylic acid groups (broad SMARTS) is 1. The summed E-state index contributed by atoms with van der Waals surface area (Å²) in [6.45, 7) is 3.45. The normalized spacial score (nSPS) is 23.4. The number of benzene rings is 1. The highest BCUT2D eigenvalue weighted by atomic mass is 19.4. The molecule has 0 aromatic heterocycles. The van der Waals surface area contributed by atoms with Gasteiger partial charge in [0.25, 0.3) is 0 Å². The number of carboxylic acids is 1. The van der Waals surface area contributed by atoms with Gasteiger partial charge in [0.15, 0.2) is 0 Å². The maximum atomic E-state index is 12.6. The highest BCUT2D eigenvalue weighted by Crippen LogP contribution is 2.41. The fourth-order valence-corrected chi connectivity index (χ4v) is 3.21. The van der Waals surface area contributed by atoms with Gasteiger partial charge in [-0.25, -0.2) is 0 Å². The second-order valence-electron chi connectivity index (χ2n) is 6.26. The molecular formula is C19H21F3O4. The number of halogens is 3. The predicted octanol–water partition coefficient (Wildman–Crippen LogP) is 4.30. The summed E-state index contributed by atoms with van der Waals surface area (Å²) >= 11 is 0. The molecule has 0 saturated carbocycles. The van der Waals surface area contributed by atoms with Crippen LogP contribution in [0.15, 0.2) is 42.0 Å². The van der Waals surface area contributed by atoms with Crippen molar-refractivity contribution in [1.82, 2.24) is 0 Å². The van der Waals surface area contributed by atoms with Crippen LogP contribution >= 0.6 is 0 Å². The molecule has 0 heterocycles. The van der Waals surface area contributed by atoms with Crippen molar-refractivity contribution in [2.75, 3.05) is 0 Å². The topological polar surface area (TPSA) is 66.8 Å². The number of alkyl halides is 3. The summed E-state index contributed by atoms with van der Waals surface area (Å²) in [7, 11) is 0. The molecule has 0 amide bonds. The Bertz CT molecular complexity index is 737. The van der Waals surface area contributed by atoms with Crippen LogP contribution < -0.4 is 0 Å². The number of carbonyl (C=O) groups is 1. The molecule has 2 rings (SSSR count). The molecule has 1 aliphatic carbocycles. The van der Waals surface area contributed by atoms with Crippen molar-refractivity contribution in [3.63, 3.8) is 0 Å². The van der Waals surface area contributed by atoms with Gasteiger partial charge in [-0.1, -0.05) is 43.7 Å². The Morgan fingerprint density at radius 1 is 1.31 bits per heavy atom. The first-order chi connectivity index (χ1) is 12.1. The smallest absolute Gasteiger partial charge is 0.481 e. The van der Waals surface area contributed by atoms with E-state index in [0.717, 1.165) is 36.5 Å². The fraction of sp³-hybridized carbons (Fsp3) is 0.421. The number of hydrogen-bond donors (Lipinski definition) is 2. The van der Waals surface area contributed by atoms with Crippen molar-refractivity contribution in [1.29, 1.82) is 0 Å². The first kappa shape index (κ1) is 20.2. The van der Waals surface area contributed by atoms with E-state index < -0.39 is 24.0 Å². The summed E-state index contributed by atoms with van der Waals surface area (Å²) in [5, 5.41) is 19.7. The number of unbranched alkanes of at least 4 members (excludes halogenated alkanes) is 1. The molecule has 0 aliphatic heterocycles. The Labute approximate surface area is 149 Å². The third-order valence-electron chi connectivity index (χ3n) is 4.39. The van der Waals surface area contributed by atoms with E-state index in [2.05, 4.69) is 4.74 Å². The van der Waals surface area contributed by atoms with Crippen molar-refractivity contribution >= 4 is 11.5 Å². The summed E-state index contributed by atoms with van der Waals surface area (Å²) in [6, 6.07) is 7.33. The van der Waals surface area contributed by atoms with Crippen LogP contribution in [0.5, 0.6) is 0 Å². The van der Waals surface area contributed by atoms with Crippen molar-refractivity contribution in [2.45, 2.75) is 45.3 Å². The highest BCUT2D eigenvalue weighted by Gasteiger charge is 2.51. The van der Waals surface area contributed by atoms with Gasteiger partial charge >= 0.3 is 12.3 Å². The van der Waals surface area contributed by atoms with E-state index in [1.807, 2.05) is 19.1 Å². The molecule has 2 N–H and O–H groups in total. The van der Waals surface area contributed by atoms with E-state index in [-0.39, 0.29) is 5.57 Å². The zero-order valence-electron chi connectivity index (χ0n) is 14.5. The lowest BCUT2D eigenvalue weighted by Gasteiger charge is -2.35. The van der Waals surface area contributed by atoms with Crippen LogP contribution in [0.4, 0.5) is 13.2 Å². The van der Waals surface area contributed by atoms with Gasteiger partial charge in [-0.3, -0.25) is 9.53 Å². The highest BCUT2D eigenvalue weighted by molar-refractivity contribution is 5.87. The van der Waals surface area contributed by atoms with Crippen LogP contribution in [0.3, 0.4) is 0 Å². The van der Waals surface area contributed by atoms with Gasteiger partial charge in [0, 0.05) is 0 Å². The number of aliphatic hydroxyl groups is 1. The van der Waals surface area contributed by atoms with E-state index in [1.165, 1.54) is 13.0 Å². The average molecular weight is 370 g/mol. The van der Waals surface area contributed by atoms with Crippen molar-refractivity contribution in [2.24, 2.45) is 5.92 Å². The lowest BCUT2D eigenvalue weighted by atomic mass is 9.80. The Kier molecular flexibility index (Phi) is 5.93. The van der Waals surface area contributed by atoms with Crippen LogP contribution in [0.25, 0.3) is 5.57 Å². The molecule has 142 valence electrons. The Morgan fingerprint density at radius 2 is 1.96 bits per heavy atom. The quantitative estimate of drug-likeness (QED) is 0.733. The maximum Gasteiger partial charge on any atom is 0.525 e. The minimum absolute atomic E-state index is 0.107. The van der Waals surface area contributed by atoms with E-state index >= 15 is 0 Å². The summed E-state index contributed by atoms with van der Waals surface area (Å²) in [6.07, 6.45) is -0.457. The molecule has 2 unspecified atom stereocenters. The molecule has 0 fully saturated rings. The first-order valence-electron chi connectivity index (χ1n) is 8.29. The van der Waals surface area contributed by atoms with Crippen LogP contribution in [-0.4, -0.2) is 28.3 Å². The SMILES string of the molecule is CCCCc1ccccc1C1=C(C)C(C(=O)O)C(O)(OC(F)(F)F)C=C1. The lowest BCUT2D eigenvalue weighted by Crippen LogP contribution is -2.48. The standard InChI is InChI=1S/C19H21F3O4/c1-3-4-7-13-8-5-6-9-15(13)14-10-11-18(25,26-19(20,21)22)16(12(14)2)17(23)24/h5-6,8-11,16,25H,3-4,7H2,1-2H3,(H,23,24). The van der Waals surface area contributed by atoms with E-state index in [0.29, 0.717) is 5.57 Å². The van der Waals surface area contributed by atoms with Gasteiger partial charge in [-0.2, -0.15) is 0 Å². The summed E-state index contributed by atoms with van der Waals surface area (Å²) in [5.41, 5.74) is 2.31. The molecule has 4 nitrogen and oxygen atoms in total. The molecule has 0 bridgehead atoms. The zero-order chi connectivity index (χ0) is 19.5. The molecule has 2 atom stereocenters.